The number of pyridine rings is 1. The first-order chi connectivity index (χ1) is 20.2. The summed E-state index contributed by atoms with van der Waals surface area (Å²) in [7, 11) is 0. The van der Waals surface area contributed by atoms with Gasteiger partial charge in [-0.25, -0.2) is 14.2 Å². The van der Waals surface area contributed by atoms with Crippen molar-refractivity contribution >= 4 is 22.8 Å². The molecule has 1 aliphatic heterocycles. The molecule has 0 spiro atoms. The Bertz CT molecular complexity index is 1240. The third-order valence-electron chi connectivity index (χ3n) is 6.09. The van der Waals surface area contributed by atoms with Crippen molar-refractivity contribution in [3.63, 3.8) is 0 Å². The summed E-state index contributed by atoms with van der Waals surface area (Å²) in [5.74, 6) is -0.186. The molecular weight excluding hydrogens is 531 g/mol. The fourth-order valence-electron chi connectivity index (χ4n) is 3.59. The molecule has 2 heterocycles. The number of nitrogens with one attached hydrogen (secondary N) is 1. The maximum Gasteiger partial charge on any atom is 0.321 e. The minimum absolute atomic E-state index is 0.263. The Morgan fingerprint density at radius 1 is 0.976 bits per heavy atom. The lowest BCUT2D eigenvalue weighted by Crippen LogP contribution is -2.52. The van der Waals surface area contributed by atoms with Gasteiger partial charge in [-0.15, -0.1) is 13.2 Å². The SMILES string of the molecule is C/C=C\C(F)=C(/CC)NC(=O)N1CCN(/C(N)=C/C=C(/C)CC)CC1.C=C.CC.NC(=O)c1ccc2ccccc2n1. The molecule has 0 unspecified atom stereocenters. The molecule has 3 amide bonds. The van der Waals surface area contributed by atoms with Crippen LogP contribution in [0.3, 0.4) is 0 Å². The van der Waals surface area contributed by atoms with Crippen molar-refractivity contribution in [3.8, 4) is 0 Å². The number of para-hydroxylation sites is 1. The molecule has 1 aliphatic rings. The zero-order valence-corrected chi connectivity index (χ0v) is 26.1. The molecule has 0 saturated carbocycles. The van der Waals surface area contributed by atoms with Gasteiger partial charge in [-0.2, -0.15) is 0 Å². The molecule has 1 aromatic heterocycles. The molecule has 0 bridgehead atoms. The van der Waals surface area contributed by atoms with E-state index >= 15 is 0 Å². The van der Waals surface area contributed by atoms with Crippen LogP contribution in [0.5, 0.6) is 0 Å². The van der Waals surface area contributed by atoms with Crippen LogP contribution in [0.15, 0.2) is 96.8 Å². The molecular formula is C33H49FN6O2. The van der Waals surface area contributed by atoms with Crippen molar-refractivity contribution in [2.75, 3.05) is 26.2 Å². The number of piperazine rings is 1. The van der Waals surface area contributed by atoms with Crippen molar-refractivity contribution in [2.45, 2.75) is 54.4 Å². The van der Waals surface area contributed by atoms with E-state index in [2.05, 4.69) is 42.2 Å². The first-order valence-electron chi connectivity index (χ1n) is 14.3. The molecule has 0 atom stereocenters. The Kier molecular flexibility index (Phi) is 19.1. The molecule has 1 saturated heterocycles. The van der Waals surface area contributed by atoms with Gasteiger partial charge in [-0.05, 0) is 51.0 Å². The number of benzene rings is 1. The first-order valence-corrected chi connectivity index (χ1v) is 14.3. The predicted molar refractivity (Wildman–Crippen MR) is 174 cm³/mol. The fraction of sp³-hybridized carbons (Fsp3) is 0.364. The number of carbonyl (C=O) groups excluding carboxylic acids is 2. The average Bonchev–Trinajstić information content (AvgIpc) is 3.04. The number of hydrogen-bond acceptors (Lipinski definition) is 5. The summed E-state index contributed by atoms with van der Waals surface area (Å²) in [6.45, 7) is 20.2. The molecule has 1 fully saturated rings. The first kappa shape index (κ1) is 37.6. The van der Waals surface area contributed by atoms with Crippen LogP contribution in [-0.4, -0.2) is 52.9 Å². The topological polar surface area (TPSA) is 118 Å². The molecule has 0 aliphatic carbocycles. The number of halogens is 1. The minimum Gasteiger partial charge on any atom is -0.385 e. The fourth-order valence-corrected chi connectivity index (χ4v) is 3.59. The van der Waals surface area contributed by atoms with Gasteiger partial charge in [-0.1, -0.05) is 69.7 Å². The lowest BCUT2D eigenvalue weighted by atomic mass is 10.2. The summed E-state index contributed by atoms with van der Waals surface area (Å²) in [4.78, 5) is 31.0. The highest BCUT2D eigenvalue weighted by Crippen LogP contribution is 2.13. The maximum absolute atomic E-state index is 13.9. The number of urea groups is 1. The van der Waals surface area contributed by atoms with Crippen molar-refractivity contribution in [1.82, 2.24) is 20.1 Å². The van der Waals surface area contributed by atoms with Crippen LogP contribution in [0.1, 0.15) is 64.9 Å². The van der Waals surface area contributed by atoms with Crippen LogP contribution in [0.4, 0.5) is 9.18 Å². The number of fused-ring (bicyclic) bond motifs is 1. The van der Waals surface area contributed by atoms with E-state index in [0.717, 1.165) is 17.3 Å². The lowest BCUT2D eigenvalue weighted by Gasteiger charge is -2.36. The van der Waals surface area contributed by atoms with Gasteiger partial charge in [0.2, 0.25) is 0 Å². The van der Waals surface area contributed by atoms with Gasteiger partial charge in [0.25, 0.3) is 5.91 Å². The number of nitrogens with two attached hydrogens (primary N) is 2. The molecule has 1 aromatic carbocycles. The largest absolute Gasteiger partial charge is 0.385 e. The Hall–Kier alpha value is -4.40. The Morgan fingerprint density at radius 3 is 2.12 bits per heavy atom. The van der Waals surface area contributed by atoms with Gasteiger partial charge < -0.3 is 26.6 Å². The second-order valence-corrected chi connectivity index (χ2v) is 8.80. The standard InChI is InChI=1S/C19H31FN4O.C10H8N2O.C2H6.C2H4/c1-5-8-16(20)17(7-3)22-19(25)24-13-11-23(12-14-24)18(21)10-9-15(4)6-2;11-10(13)9-6-5-7-3-1-2-4-8(7)12-9;2*1-2/h5,8-10H,6-7,11-14,21H2,1-4H3,(H,22,25);1-6H,(H2,11,13);1-2H3;1-2H2/b8-5-,15-9-,17-16-,18-10+;;;. The summed E-state index contributed by atoms with van der Waals surface area (Å²) in [6.07, 6.45) is 8.33. The molecule has 2 aromatic rings. The van der Waals surface area contributed by atoms with Gasteiger partial charge >= 0.3 is 6.03 Å². The van der Waals surface area contributed by atoms with Crippen molar-refractivity contribution in [1.29, 1.82) is 0 Å². The number of primary amides is 1. The van der Waals surface area contributed by atoms with Crippen LogP contribution in [0.2, 0.25) is 0 Å². The Labute approximate surface area is 251 Å². The van der Waals surface area contributed by atoms with E-state index in [1.807, 2.05) is 63.3 Å². The molecule has 0 radical (unpaired) electrons. The summed E-state index contributed by atoms with van der Waals surface area (Å²) < 4.78 is 13.9. The zero-order chi connectivity index (χ0) is 32.1. The van der Waals surface area contributed by atoms with Crippen LogP contribution in [0.25, 0.3) is 10.9 Å². The molecule has 9 heteroatoms. The second kappa shape index (κ2) is 21.4. The van der Waals surface area contributed by atoms with E-state index in [1.165, 1.54) is 11.6 Å². The summed E-state index contributed by atoms with van der Waals surface area (Å²) in [6, 6.07) is 10.8. The Morgan fingerprint density at radius 2 is 1.57 bits per heavy atom. The highest BCUT2D eigenvalue weighted by atomic mass is 19.1. The van der Waals surface area contributed by atoms with E-state index in [9.17, 15) is 14.0 Å². The van der Waals surface area contributed by atoms with E-state index in [-0.39, 0.29) is 6.03 Å². The average molecular weight is 581 g/mol. The third-order valence-corrected chi connectivity index (χ3v) is 6.09. The van der Waals surface area contributed by atoms with E-state index in [1.54, 1.807) is 24.0 Å². The quantitative estimate of drug-likeness (QED) is 0.246. The van der Waals surface area contributed by atoms with Crippen LogP contribution >= 0.6 is 0 Å². The summed E-state index contributed by atoms with van der Waals surface area (Å²) in [5.41, 5.74) is 13.9. The van der Waals surface area contributed by atoms with Crippen molar-refractivity contribution < 1.29 is 14.0 Å². The number of aromatic nitrogens is 1. The predicted octanol–water partition coefficient (Wildman–Crippen LogP) is 6.80. The smallest absolute Gasteiger partial charge is 0.321 e. The van der Waals surface area contributed by atoms with E-state index < -0.39 is 11.7 Å². The maximum atomic E-state index is 13.9. The molecule has 5 N–H and O–H groups in total. The highest BCUT2D eigenvalue weighted by molar-refractivity contribution is 5.93. The van der Waals surface area contributed by atoms with E-state index in [4.69, 9.17) is 11.5 Å². The van der Waals surface area contributed by atoms with E-state index in [0.29, 0.717) is 49.8 Å². The van der Waals surface area contributed by atoms with Crippen molar-refractivity contribution in [2.24, 2.45) is 11.5 Å². The second-order valence-electron chi connectivity index (χ2n) is 8.80. The molecule has 8 nitrogen and oxygen atoms in total. The summed E-state index contributed by atoms with van der Waals surface area (Å²) in [5, 5.41) is 3.69. The number of hydrogen-bond donors (Lipinski definition) is 3. The normalized spacial score (nSPS) is 14.0. The van der Waals surface area contributed by atoms with Crippen LogP contribution < -0.4 is 16.8 Å². The number of amides is 3. The number of nitrogens with zero attached hydrogens (tertiary/aromatic N) is 3. The summed E-state index contributed by atoms with van der Waals surface area (Å²) >= 11 is 0. The minimum atomic E-state index is -0.495. The van der Waals surface area contributed by atoms with Gasteiger partial charge in [0.05, 0.1) is 17.0 Å². The monoisotopic (exact) mass is 580 g/mol. The molecule has 42 heavy (non-hydrogen) atoms. The number of carbonyl (C=O) groups is 2. The van der Waals surface area contributed by atoms with Crippen molar-refractivity contribution in [3.05, 3.63) is 102 Å². The van der Waals surface area contributed by atoms with Gasteiger partial charge in [-0.3, -0.25) is 4.79 Å². The number of allylic oxidation sites excluding steroid dienone is 7. The van der Waals surface area contributed by atoms with Gasteiger partial charge in [0.1, 0.15) is 11.5 Å². The van der Waals surface area contributed by atoms with Gasteiger partial charge in [0, 0.05) is 31.6 Å². The van der Waals surface area contributed by atoms with Crippen LogP contribution in [0, 0.1) is 0 Å². The zero-order valence-electron chi connectivity index (χ0n) is 26.1. The number of rotatable bonds is 7. The highest BCUT2D eigenvalue weighted by Gasteiger charge is 2.22. The van der Waals surface area contributed by atoms with Crippen LogP contribution in [-0.2, 0) is 0 Å². The molecule has 230 valence electrons. The van der Waals surface area contributed by atoms with Gasteiger partial charge in [0.15, 0.2) is 0 Å². The molecule has 3 rings (SSSR count). The lowest BCUT2D eigenvalue weighted by molar-refractivity contribution is 0.0996. The third kappa shape index (κ3) is 12.8. The Balaban J connectivity index is 0.000000821.